The van der Waals surface area contributed by atoms with Gasteiger partial charge < -0.3 is 10.1 Å². The van der Waals surface area contributed by atoms with Gasteiger partial charge in [-0.25, -0.2) is 9.97 Å². The number of ether oxygens (including phenoxy) is 1. The molecule has 0 aliphatic heterocycles. The van der Waals surface area contributed by atoms with E-state index < -0.39 is 6.36 Å². The highest BCUT2D eigenvalue weighted by Gasteiger charge is 2.30. The molecule has 25 heavy (non-hydrogen) atoms. The van der Waals surface area contributed by atoms with E-state index in [9.17, 15) is 13.2 Å². The first-order chi connectivity index (χ1) is 11.9. The standard InChI is InChI=1S/C17H13ClF3N3O/c18-12-3-6-14-15(9-12)23-10-24-16(14)22-8-7-11-1-4-13(5-2-11)25-17(19,20)21/h1-6,9-10H,7-8H2,(H,22,23,24). The second-order valence-electron chi connectivity index (χ2n) is 5.25. The molecule has 1 heterocycles. The van der Waals surface area contributed by atoms with E-state index in [1.54, 1.807) is 24.3 Å². The van der Waals surface area contributed by atoms with Gasteiger partial charge in [-0.05, 0) is 42.3 Å². The number of hydrogen-bond acceptors (Lipinski definition) is 4. The van der Waals surface area contributed by atoms with E-state index in [0.29, 0.717) is 23.8 Å². The normalized spacial score (nSPS) is 11.5. The molecule has 0 fully saturated rings. The molecule has 0 radical (unpaired) electrons. The molecular weight excluding hydrogens is 355 g/mol. The first kappa shape index (κ1) is 17.3. The van der Waals surface area contributed by atoms with Crippen molar-refractivity contribution in [2.24, 2.45) is 0 Å². The Balaban J connectivity index is 1.62. The fraction of sp³-hybridized carbons (Fsp3) is 0.176. The monoisotopic (exact) mass is 367 g/mol. The van der Waals surface area contributed by atoms with Crippen LogP contribution in [0.1, 0.15) is 5.56 Å². The van der Waals surface area contributed by atoms with Gasteiger partial charge >= 0.3 is 6.36 Å². The molecule has 4 nitrogen and oxygen atoms in total. The minimum Gasteiger partial charge on any atom is -0.406 e. The van der Waals surface area contributed by atoms with E-state index in [4.69, 9.17) is 11.6 Å². The Labute approximate surface area is 146 Å². The van der Waals surface area contributed by atoms with Crippen molar-refractivity contribution in [1.29, 1.82) is 0 Å². The van der Waals surface area contributed by atoms with Gasteiger partial charge in [0.2, 0.25) is 0 Å². The van der Waals surface area contributed by atoms with Gasteiger partial charge in [0.05, 0.1) is 5.52 Å². The van der Waals surface area contributed by atoms with E-state index in [1.165, 1.54) is 18.5 Å². The zero-order valence-corrected chi connectivity index (χ0v) is 13.6. The summed E-state index contributed by atoms with van der Waals surface area (Å²) in [5.41, 5.74) is 1.61. The Morgan fingerprint density at radius 1 is 1.04 bits per heavy atom. The smallest absolute Gasteiger partial charge is 0.406 e. The topological polar surface area (TPSA) is 47.0 Å². The molecule has 0 atom stereocenters. The van der Waals surface area contributed by atoms with Crippen LogP contribution in [0.4, 0.5) is 19.0 Å². The number of anilines is 1. The SMILES string of the molecule is FC(F)(F)Oc1ccc(CCNc2ncnc3cc(Cl)ccc23)cc1. The zero-order valence-electron chi connectivity index (χ0n) is 12.8. The maximum Gasteiger partial charge on any atom is 0.573 e. The van der Waals surface area contributed by atoms with Crippen molar-refractivity contribution in [3.8, 4) is 5.75 Å². The predicted molar refractivity (Wildman–Crippen MR) is 89.9 cm³/mol. The number of rotatable bonds is 5. The van der Waals surface area contributed by atoms with Gasteiger partial charge in [-0.15, -0.1) is 13.2 Å². The minimum atomic E-state index is -4.68. The van der Waals surface area contributed by atoms with Crippen LogP contribution < -0.4 is 10.1 Å². The summed E-state index contributed by atoms with van der Waals surface area (Å²) < 4.78 is 40.2. The van der Waals surface area contributed by atoms with Crippen LogP contribution in [0, 0.1) is 0 Å². The molecule has 3 rings (SSSR count). The number of halogens is 4. The number of fused-ring (bicyclic) bond motifs is 1. The maximum absolute atomic E-state index is 12.1. The fourth-order valence-corrected chi connectivity index (χ4v) is 2.52. The summed E-state index contributed by atoms with van der Waals surface area (Å²) in [4.78, 5) is 8.38. The van der Waals surface area contributed by atoms with Crippen molar-refractivity contribution in [2.75, 3.05) is 11.9 Å². The fourth-order valence-electron chi connectivity index (χ4n) is 2.35. The molecule has 0 spiro atoms. The molecule has 0 aliphatic carbocycles. The second-order valence-corrected chi connectivity index (χ2v) is 5.69. The third-order valence-electron chi connectivity index (χ3n) is 3.46. The van der Waals surface area contributed by atoms with Crippen LogP contribution in [0.25, 0.3) is 10.9 Å². The molecule has 0 bridgehead atoms. The minimum absolute atomic E-state index is 0.233. The van der Waals surface area contributed by atoms with Gasteiger partial charge in [-0.2, -0.15) is 0 Å². The summed E-state index contributed by atoms with van der Waals surface area (Å²) in [6.45, 7) is 0.564. The second kappa shape index (κ2) is 7.14. The Bertz CT molecular complexity index is 869. The third kappa shape index (κ3) is 4.73. The van der Waals surface area contributed by atoms with Crippen LogP contribution in [0.15, 0.2) is 48.8 Å². The van der Waals surface area contributed by atoms with Gasteiger partial charge in [0.25, 0.3) is 0 Å². The van der Waals surface area contributed by atoms with Crippen molar-refractivity contribution < 1.29 is 17.9 Å². The first-order valence-corrected chi connectivity index (χ1v) is 7.77. The summed E-state index contributed by atoms with van der Waals surface area (Å²) >= 11 is 5.95. The Hall–Kier alpha value is -2.54. The van der Waals surface area contributed by atoms with E-state index in [0.717, 1.165) is 16.5 Å². The summed E-state index contributed by atoms with van der Waals surface area (Å²) in [6.07, 6.45) is -2.62. The van der Waals surface area contributed by atoms with E-state index in [-0.39, 0.29) is 5.75 Å². The molecular formula is C17H13ClF3N3O. The Kier molecular flexibility index (Phi) is 4.94. The van der Waals surface area contributed by atoms with E-state index in [2.05, 4.69) is 20.0 Å². The maximum atomic E-state index is 12.1. The van der Waals surface area contributed by atoms with Crippen molar-refractivity contribution in [2.45, 2.75) is 12.8 Å². The molecule has 8 heteroatoms. The van der Waals surface area contributed by atoms with Crippen LogP contribution in [0.5, 0.6) is 5.75 Å². The highest BCUT2D eigenvalue weighted by Crippen LogP contribution is 2.24. The molecule has 3 aromatic rings. The molecule has 130 valence electrons. The van der Waals surface area contributed by atoms with Crippen molar-refractivity contribution >= 4 is 28.3 Å². The number of benzene rings is 2. The number of alkyl halides is 3. The number of nitrogens with one attached hydrogen (secondary N) is 1. The molecule has 1 aromatic heterocycles. The van der Waals surface area contributed by atoms with Gasteiger partial charge in [0.15, 0.2) is 0 Å². The first-order valence-electron chi connectivity index (χ1n) is 7.39. The molecule has 1 N–H and O–H groups in total. The summed E-state index contributed by atoms with van der Waals surface area (Å²) in [7, 11) is 0. The van der Waals surface area contributed by atoms with Crippen LogP contribution in [-0.2, 0) is 6.42 Å². The molecule has 2 aromatic carbocycles. The highest BCUT2D eigenvalue weighted by atomic mass is 35.5. The van der Waals surface area contributed by atoms with E-state index >= 15 is 0 Å². The lowest BCUT2D eigenvalue weighted by Crippen LogP contribution is -2.17. The highest BCUT2D eigenvalue weighted by molar-refractivity contribution is 6.31. The molecule has 0 aliphatic rings. The number of aromatic nitrogens is 2. The van der Waals surface area contributed by atoms with Crippen LogP contribution in [0.3, 0.4) is 0 Å². The van der Waals surface area contributed by atoms with Gasteiger partial charge in [0, 0.05) is 17.0 Å². The lowest BCUT2D eigenvalue weighted by atomic mass is 10.1. The Morgan fingerprint density at radius 2 is 1.80 bits per heavy atom. The molecule has 0 saturated heterocycles. The lowest BCUT2D eigenvalue weighted by molar-refractivity contribution is -0.274. The lowest BCUT2D eigenvalue weighted by Gasteiger charge is -2.10. The van der Waals surface area contributed by atoms with Crippen LogP contribution >= 0.6 is 11.6 Å². The summed E-state index contributed by atoms with van der Waals surface area (Å²) in [5, 5.41) is 4.65. The largest absolute Gasteiger partial charge is 0.573 e. The van der Waals surface area contributed by atoms with Gasteiger partial charge in [-0.1, -0.05) is 23.7 Å². The zero-order chi connectivity index (χ0) is 17.9. The quantitative estimate of drug-likeness (QED) is 0.701. The molecule has 0 amide bonds. The van der Waals surface area contributed by atoms with Crippen molar-refractivity contribution in [1.82, 2.24) is 9.97 Å². The third-order valence-corrected chi connectivity index (χ3v) is 3.70. The predicted octanol–water partition coefficient (Wildman–Crippen LogP) is 4.84. The van der Waals surface area contributed by atoms with Gasteiger partial charge in [-0.3, -0.25) is 0 Å². The molecule has 0 unspecified atom stereocenters. The van der Waals surface area contributed by atoms with Crippen LogP contribution in [0.2, 0.25) is 5.02 Å². The Morgan fingerprint density at radius 3 is 2.52 bits per heavy atom. The summed E-state index contributed by atoms with van der Waals surface area (Å²) in [6, 6.07) is 11.1. The number of nitrogens with zero attached hydrogens (tertiary/aromatic N) is 2. The van der Waals surface area contributed by atoms with Crippen molar-refractivity contribution in [3.63, 3.8) is 0 Å². The molecule has 0 saturated carbocycles. The number of hydrogen-bond donors (Lipinski definition) is 1. The van der Waals surface area contributed by atoms with Gasteiger partial charge in [0.1, 0.15) is 17.9 Å². The van der Waals surface area contributed by atoms with E-state index in [1.807, 2.05) is 6.07 Å². The van der Waals surface area contributed by atoms with Crippen molar-refractivity contribution in [3.05, 3.63) is 59.4 Å². The summed E-state index contributed by atoms with van der Waals surface area (Å²) in [5.74, 6) is 0.446. The van der Waals surface area contributed by atoms with Crippen LogP contribution in [-0.4, -0.2) is 22.9 Å². The average Bonchev–Trinajstić information content (AvgIpc) is 2.55. The average molecular weight is 368 g/mol.